The lowest BCUT2D eigenvalue weighted by molar-refractivity contribution is -0.143. The van der Waals surface area contributed by atoms with Gasteiger partial charge in [-0.15, -0.1) is 12.4 Å². The fourth-order valence-electron chi connectivity index (χ4n) is 2.49. The van der Waals surface area contributed by atoms with E-state index >= 15 is 0 Å². The van der Waals surface area contributed by atoms with Gasteiger partial charge in [0.2, 0.25) is 5.91 Å². The van der Waals surface area contributed by atoms with E-state index in [1.807, 2.05) is 9.80 Å². The number of hydrogen-bond donors (Lipinski definition) is 1. The second-order valence-electron chi connectivity index (χ2n) is 4.83. The number of rotatable bonds is 3. The molecule has 2 saturated heterocycles. The number of piperazine rings is 1. The van der Waals surface area contributed by atoms with E-state index < -0.39 is 0 Å². The van der Waals surface area contributed by atoms with Crippen molar-refractivity contribution < 1.29 is 14.3 Å². The number of methoxy groups -OCH3 is 1. The first-order valence-electron chi connectivity index (χ1n) is 6.52. The normalized spacial score (nSPS) is 23.8. The molecule has 7 heteroatoms. The van der Waals surface area contributed by atoms with Crippen molar-refractivity contribution in [2.75, 3.05) is 46.4 Å². The van der Waals surface area contributed by atoms with Crippen LogP contribution in [-0.2, 0) is 14.3 Å². The summed E-state index contributed by atoms with van der Waals surface area (Å²) in [5.74, 6) is -0.00236. The van der Waals surface area contributed by atoms with E-state index in [9.17, 15) is 9.59 Å². The summed E-state index contributed by atoms with van der Waals surface area (Å²) in [4.78, 5) is 27.2. The molecule has 0 radical (unpaired) electrons. The number of nitrogens with zero attached hydrogens (tertiary/aromatic N) is 2. The molecule has 2 rings (SSSR count). The van der Waals surface area contributed by atoms with Gasteiger partial charge in [0, 0.05) is 26.2 Å². The first-order chi connectivity index (χ1) is 8.70. The zero-order chi connectivity index (χ0) is 13.0. The van der Waals surface area contributed by atoms with Crippen LogP contribution in [0.4, 0.5) is 0 Å². The Kier molecular flexibility index (Phi) is 6.54. The van der Waals surface area contributed by atoms with Gasteiger partial charge < -0.3 is 15.0 Å². The summed E-state index contributed by atoms with van der Waals surface area (Å²) in [6.45, 7) is 4.15. The molecule has 1 amide bonds. The van der Waals surface area contributed by atoms with E-state index in [1.54, 1.807) is 0 Å². The molecule has 6 nitrogen and oxygen atoms in total. The van der Waals surface area contributed by atoms with Gasteiger partial charge in [0.05, 0.1) is 19.7 Å². The summed E-state index contributed by atoms with van der Waals surface area (Å²) >= 11 is 0. The number of hydrogen-bond acceptors (Lipinski definition) is 5. The van der Waals surface area contributed by atoms with Crippen molar-refractivity contribution in [1.82, 2.24) is 15.1 Å². The monoisotopic (exact) mass is 291 g/mol. The van der Waals surface area contributed by atoms with Crippen molar-refractivity contribution >= 4 is 24.3 Å². The van der Waals surface area contributed by atoms with Crippen LogP contribution in [0.2, 0.25) is 0 Å². The number of ether oxygens (including phenoxy) is 1. The van der Waals surface area contributed by atoms with E-state index in [4.69, 9.17) is 0 Å². The molecule has 1 N–H and O–H groups in total. The zero-order valence-electron chi connectivity index (χ0n) is 11.3. The maximum absolute atomic E-state index is 12.1. The minimum absolute atomic E-state index is 0. The van der Waals surface area contributed by atoms with E-state index in [0.29, 0.717) is 19.6 Å². The van der Waals surface area contributed by atoms with Crippen LogP contribution >= 0.6 is 12.4 Å². The molecule has 19 heavy (non-hydrogen) atoms. The first-order valence-corrected chi connectivity index (χ1v) is 6.52. The fourth-order valence-corrected chi connectivity index (χ4v) is 2.49. The van der Waals surface area contributed by atoms with E-state index in [2.05, 4.69) is 10.1 Å². The Morgan fingerprint density at radius 2 is 1.95 bits per heavy atom. The second-order valence-corrected chi connectivity index (χ2v) is 4.83. The Hall–Kier alpha value is -0.850. The van der Waals surface area contributed by atoms with Crippen LogP contribution in [0.25, 0.3) is 0 Å². The minimum Gasteiger partial charge on any atom is -0.468 e. The molecule has 0 bridgehead atoms. The Bertz CT molecular complexity index is 313. The number of esters is 1. The number of nitrogens with one attached hydrogen (secondary N) is 1. The summed E-state index contributed by atoms with van der Waals surface area (Å²) in [5, 5.41) is 3.23. The van der Waals surface area contributed by atoms with Crippen molar-refractivity contribution in [3.05, 3.63) is 0 Å². The molecule has 2 heterocycles. The van der Waals surface area contributed by atoms with Crippen LogP contribution in [-0.4, -0.2) is 74.1 Å². The molecule has 0 spiro atoms. The molecule has 0 aliphatic carbocycles. The van der Waals surface area contributed by atoms with Crippen LogP contribution in [0.3, 0.4) is 0 Å². The predicted octanol–water partition coefficient (Wildman–Crippen LogP) is -0.523. The highest BCUT2D eigenvalue weighted by Crippen LogP contribution is 2.10. The molecular weight excluding hydrogens is 270 g/mol. The highest BCUT2D eigenvalue weighted by molar-refractivity contribution is 5.85. The Morgan fingerprint density at radius 1 is 1.26 bits per heavy atom. The number of amides is 1. The quantitative estimate of drug-likeness (QED) is 0.709. The topological polar surface area (TPSA) is 61.9 Å². The summed E-state index contributed by atoms with van der Waals surface area (Å²) in [6.07, 6.45) is 2.03. The third kappa shape index (κ3) is 4.33. The van der Waals surface area contributed by atoms with E-state index in [0.717, 1.165) is 32.5 Å². The van der Waals surface area contributed by atoms with Crippen LogP contribution in [0.5, 0.6) is 0 Å². The van der Waals surface area contributed by atoms with Gasteiger partial charge in [-0.1, -0.05) is 0 Å². The predicted molar refractivity (Wildman–Crippen MR) is 73.3 cm³/mol. The van der Waals surface area contributed by atoms with E-state index in [1.165, 1.54) is 7.11 Å². The zero-order valence-corrected chi connectivity index (χ0v) is 12.1. The molecule has 0 saturated carbocycles. The SMILES string of the molecule is COC(=O)CN1CCN(C(=O)C2CCCN2)CC1.Cl. The van der Waals surface area contributed by atoms with Crippen LogP contribution < -0.4 is 5.32 Å². The van der Waals surface area contributed by atoms with Gasteiger partial charge in [-0.2, -0.15) is 0 Å². The van der Waals surface area contributed by atoms with Gasteiger partial charge >= 0.3 is 5.97 Å². The van der Waals surface area contributed by atoms with Crippen molar-refractivity contribution in [3.8, 4) is 0 Å². The van der Waals surface area contributed by atoms with Gasteiger partial charge in [-0.25, -0.2) is 0 Å². The van der Waals surface area contributed by atoms with Crippen molar-refractivity contribution in [1.29, 1.82) is 0 Å². The molecule has 1 atom stereocenters. The molecule has 0 aromatic rings. The number of carbonyl (C=O) groups excluding carboxylic acids is 2. The highest BCUT2D eigenvalue weighted by Gasteiger charge is 2.29. The molecule has 2 aliphatic rings. The Morgan fingerprint density at radius 3 is 2.47 bits per heavy atom. The van der Waals surface area contributed by atoms with Crippen molar-refractivity contribution in [2.45, 2.75) is 18.9 Å². The largest absolute Gasteiger partial charge is 0.468 e. The third-order valence-electron chi connectivity index (χ3n) is 3.62. The Labute approximate surface area is 119 Å². The lowest BCUT2D eigenvalue weighted by Gasteiger charge is -2.35. The van der Waals surface area contributed by atoms with Crippen molar-refractivity contribution in [2.24, 2.45) is 0 Å². The summed E-state index contributed by atoms with van der Waals surface area (Å²) in [6, 6.07) is 0.0113. The molecule has 2 fully saturated rings. The van der Waals surface area contributed by atoms with Crippen molar-refractivity contribution in [3.63, 3.8) is 0 Å². The molecule has 1 unspecified atom stereocenters. The number of carbonyl (C=O) groups is 2. The lowest BCUT2D eigenvalue weighted by Crippen LogP contribution is -2.53. The summed E-state index contributed by atoms with van der Waals surface area (Å²) in [5.41, 5.74) is 0. The molecule has 0 aromatic heterocycles. The summed E-state index contributed by atoms with van der Waals surface area (Å²) < 4.78 is 4.64. The minimum atomic E-state index is -0.216. The molecule has 2 aliphatic heterocycles. The highest BCUT2D eigenvalue weighted by atomic mass is 35.5. The third-order valence-corrected chi connectivity index (χ3v) is 3.62. The maximum Gasteiger partial charge on any atom is 0.319 e. The van der Waals surface area contributed by atoms with E-state index in [-0.39, 0.29) is 30.3 Å². The smallest absolute Gasteiger partial charge is 0.319 e. The Balaban J connectivity index is 0.00000180. The molecule has 0 aromatic carbocycles. The maximum atomic E-state index is 12.1. The van der Waals surface area contributed by atoms with Crippen LogP contribution in [0.1, 0.15) is 12.8 Å². The average Bonchev–Trinajstić information content (AvgIpc) is 2.92. The molecule has 110 valence electrons. The lowest BCUT2D eigenvalue weighted by atomic mass is 10.2. The van der Waals surface area contributed by atoms with Crippen LogP contribution in [0.15, 0.2) is 0 Å². The average molecular weight is 292 g/mol. The van der Waals surface area contributed by atoms with Gasteiger partial charge in [0.1, 0.15) is 0 Å². The fraction of sp³-hybridized carbons (Fsp3) is 0.833. The van der Waals surface area contributed by atoms with Crippen LogP contribution in [0, 0.1) is 0 Å². The van der Waals surface area contributed by atoms with Gasteiger partial charge in [-0.05, 0) is 19.4 Å². The summed E-state index contributed by atoms with van der Waals surface area (Å²) in [7, 11) is 1.40. The number of halogens is 1. The van der Waals surface area contributed by atoms with Gasteiger partial charge in [0.15, 0.2) is 0 Å². The first kappa shape index (κ1) is 16.2. The standard InChI is InChI=1S/C12H21N3O3.ClH/c1-18-11(16)9-14-5-7-15(8-6-14)12(17)10-3-2-4-13-10;/h10,13H,2-9H2,1H3;1H. The second kappa shape index (κ2) is 7.67. The molecular formula is C12H22ClN3O3. The van der Waals surface area contributed by atoms with Gasteiger partial charge in [0.25, 0.3) is 0 Å². The van der Waals surface area contributed by atoms with Gasteiger partial charge in [-0.3, -0.25) is 14.5 Å².